The predicted molar refractivity (Wildman–Crippen MR) is 102 cm³/mol. The minimum Gasteiger partial charge on any atom is -0.350 e. The van der Waals surface area contributed by atoms with Crippen molar-refractivity contribution in [3.8, 4) is 11.4 Å². The summed E-state index contributed by atoms with van der Waals surface area (Å²) in [4.78, 5) is 25.6. The molecule has 2 aliphatic heterocycles. The molecular formula is C20H26FN5O2. The SMILES string of the molecule is CC(C)(C)C(=O)N1CC2CC1CN2c1ccc(-c2noc(C(C)(C)F)n2)cn1. The summed E-state index contributed by atoms with van der Waals surface area (Å²) >= 11 is 0. The Labute approximate surface area is 163 Å². The van der Waals surface area contributed by atoms with Gasteiger partial charge in [-0.15, -0.1) is 0 Å². The number of piperazine rings is 1. The van der Waals surface area contributed by atoms with Crippen molar-refractivity contribution < 1.29 is 13.7 Å². The van der Waals surface area contributed by atoms with Gasteiger partial charge in [-0.1, -0.05) is 25.9 Å². The van der Waals surface area contributed by atoms with Crippen molar-refractivity contribution in [3.05, 3.63) is 24.2 Å². The third kappa shape index (κ3) is 3.25. The van der Waals surface area contributed by atoms with E-state index in [1.165, 1.54) is 13.8 Å². The molecule has 7 nitrogen and oxygen atoms in total. The molecule has 2 aromatic rings. The standard InChI is InChI=1S/C20H26FN5O2/c1-19(2,3)18(27)26-11-13-8-14(26)10-25(13)15-7-6-12(9-22-15)16-23-17(28-24-16)20(4,5)21/h6-7,9,13-14H,8,10-11H2,1-5H3. The van der Waals surface area contributed by atoms with E-state index < -0.39 is 5.67 Å². The van der Waals surface area contributed by atoms with Crippen molar-refractivity contribution in [2.24, 2.45) is 5.41 Å². The van der Waals surface area contributed by atoms with Gasteiger partial charge in [0.15, 0.2) is 5.67 Å². The number of fused-ring (bicyclic) bond motifs is 2. The normalized spacial score (nSPS) is 22.2. The van der Waals surface area contributed by atoms with Gasteiger partial charge in [-0.25, -0.2) is 9.37 Å². The molecule has 150 valence electrons. The van der Waals surface area contributed by atoms with Gasteiger partial charge in [0, 0.05) is 30.3 Å². The van der Waals surface area contributed by atoms with Crippen molar-refractivity contribution >= 4 is 11.7 Å². The topological polar surface area (TPSA) is 75.4 Å². The highest BCUT2D eigenvalue weighted by Gasteiger charge is 2.47. The molecule has 0 aromatic carbocycles. The lowest BCUT2D eigenvalue weighted by Gasteiger charge is -2.37. The Morgan fingerprint density at radius 2 is 1.93 bits per heavy atom. The maximum Gasteiger partial charge on any atom is 0.264 e. The Hall–Kier alpha value is -2.51. The summed E-state index contributed by atoms with van der Waals surface area (Å²) < 4.78 is 18.9. The fourth-order valence-corrected chi connectivity index (χ4v) is 3.90. The number of amides is 1. The second-order valence-electron chi connectivity index (χ2n) is 9.20. The first-order valence-electron chi connectivity index (χ1n) is 9.61. The lowest BCUT2D eigenvalue weighted by Crippen LogP contribution is -2.52. The number of carbonyl (C=O) groups is 1. The number of nitrogens with zero attached hydrogens (tertiary/aromatic N) is 5. The monoisotopic (exact) mass is 387 g/mol. The average molecular weight is 387 g/mol. The summed E-state index contributed by atoms with van der Waals surface area (Å²) in [6.45, 7) is 10.2. The molecule has 2 bridgehead atoms. The van der Waals surface area contributed by atoms with E-state index in [1.54, 1.807) is 6.20 Å². The van der Waals surface area contributed by atoms with Crippen molar-refractivity contribution in [1.82, 2.24) is 20.0 Å². The Morgan fingerprint density at radius 1 is 1.18 bits per heavy atom. The van der Waals surface area contributed by atoms with Crippen LogP contribution in [-0.4, -0.2) is 51.1 Å². The molecule has 8 heteroatoms. The van der Waals surface area contributed by atoms with Gasteiger partial charge in [0.2, 0.25) is 11.7 Å². The van der Waals surface area contributed by atoms with Gasteiger partial charge in [0.05, 0.1) is 12.1 Å². The van der Waals surface area contributed by atoms with Crippen molar-refractivity contribution in [2.75, 3.05) is 18.0 Å². The van der Waals surface area contributed by atoms with Crippen LogP contribution in [-0.2, 0) is 10.5 Å². The maximum absolute atomic E-state index is 13.9. The second kappa shape index (κ2) is 6.25. The summed E-state index contributed by atoms with van der Waals surface area (Å²) in [5.41, 5.74) is -1.35. The van der Waals surface area contributed by atoms with Crippen LogP contribution in [0.15, 0.2) is 22.9 Å². The van der Waals surface area contributed by atoms with E-state index in [-0.39, 0.29) is 23.3 Å². The third-order valence-electron chi connectivity index (χ3n) is 5.38. The Bertz CT molecular complexity index is 881. The van der Waals surface area contributed by atoms with Crippen molar-refractivity contribution in [1.29, 1.82) is 0 Å². The van der Waals surface area contributed by atoms with Gasteiger partial charge in [0.25, 0.3) is 5.89 Å². The van der Waals surface area contributed by atoms with E-state index in [0.29, 0.717) is 17.4 Å². The molecule has 2 fully saturated rings. The minimum atomic E-state index is -1.68. The number of aromatic nitrogens is 3. The maximum atomic E-state index is 13.9. The van der Waals surface area contributed by atoms with Gasteiger partial charge in [-0.3, -0.25) is 4.79 Å². The van der Waals surface area contributed by atoms with Crippen LogP contribution in [0.4, 0.5) is 10.2 Å². The summed E-state index contributed by atoms with van der Waals surface area (Å²) in [6, 6.07) is 4.32. The molecule has 0 radical (unpaired) electrons. The van der Waals surface area contributed by atoms with E-state index in [9.17, 15) is 9.18 Å². The Morgan fingerprint density at radius 3 is 2.43 bits per heavy atom. The number of likely N-dealkylation sites (tertiary alicyclic amines) is 1. The van der Waals surface area contributed by atoms with Gasteiger partial charge >= 0.3 is 0 Å². The Kier molecular flexibility index (Phi) is 4.21. The van der Waals surface area contributed by atoms with Gasteiger partial charge in [0.1, 0.15) is 5.82 Å². The molecule has 0 spiro atoms. The number of hydrogen-bond acceptors (Lipinski definition) is 6. The highest BCUT2D eigenvalue weighted by Crippen LogP contribution is 2.36. The zero-order chi connectivity index (χ0) is 20.3. The lowest BCUT2D eigenvalue weighted by molar-refractivity contribution is -0.140. The summed E-state index contributed by atoms with van der Waals surface area (Å²) in [7, 11) is 0. The van der Waals surface area contributed by atoms with Gasteiger partial charge in [-0.2, -0.15) is 4.98 Å². The van der Waals surface area contributed by atoms with Crippen LogP contribution in [0.2, 0.25) is 0 Å². The highest BCUT2D eigenvalue weighted by atomic mass is 19.1. The van der Waals surface area contributed by atoms with Crippen LogP contribution in [0.3, 0.4) is 0 Å². The first-order valence-corrected chi connectivity index (χ1v) is 9.61. The van der Waals surface area contributed by atoms with Crippen LogP contribution >= 0.6 is 0 Å². The quantitative estimate of drug-likeness (QED) is 0.805. The second-order valence-corrected chi connectivity index (χ2v) is 9.20. The molecule has 4 rings (SSSR count). The number of alkyl halides is 1. The summed E-state index contributed by atoms with van der Waals surface area (Å²) in [5, 5.41) is 3.85. The molecular weight excluding hydrogens is 361 g/mol. The van der Waals surface area contributed by atoms with Crippen LogP contribution in [0.25, 0.3) is 11.4 Å². The van der Waals surface area contributed by atoms with Crippen molar-refractivity contribution in [2.45, 2.75) is 58.8 Å². The Balaban J connectivity index is 1.47. The third-order valence-corrected chi connectivity index (χ3v) is 5.38. The van der Waals surface area contributed by atoms with Crippen molar-refractivity contribution in [3.63, 3.8) is 0 Å². The highest BCUT2D eigenvalue weighted by molar-refractivity contribution is 5.82. The van der Waals surface area contributed by atoms with E-state index in [1.807, 2.05) is 37.8 Å². The fraction of sp³-hybridized carbons (Fsp3) is 0.600. The van der Waals surface area contributed by atoms with Crippen LogP contribution in [0.5, 0.6) is 0 Å². The molecule has 2 saturated heterocycles. The molecule has 2 unspecified atom stereocenters. The van der Waals surface area contributed by atoms with Crippen LogP contribution in [0.1, 0.15) is 46.9 Å². The largest absolute Gasteiger partial charge is 0.350 e. The van der Waals surface area contributed by atoms with E-state index in [0.717, 1.165) is 25.3 Å². The first-order chi connectivity index (χ1) is 13.0. The number of carbonyl (C=O) groups excluding carboxylic acids is 1. The summed E-state index contributed by atoms with van der Waals surface area (Å²) in [5.74, 6) is 1.36. The molecule has 4 heterocycles. The zero-order valence-electron chi connectivity index (χ0n) is 16.9. The first kappa shape index (κ1) is 18.8. The van der Waals surface area contributed by atoms with Crippen LogP contribution < -0.4 is 4.90 Å². The number of anilines is 1. The van der Waals surface area contributed by atoms with Crippen LogP contribution in [0, 0.1) is 5.41 Å². The van der Waals surface area contributed by atoms with E-state index in [2.05, 4.69) is 20.0 Å². The predicted octanol–water partition coefficient (Wildman–Crippen LogP) is 3.17. The molecule has 2 aliphatic rings. The zero-order valence-corrected chi connectivity index (χ0v) is 16.9. The minimum absolute atomic E-state index is 0.0490. The van der Waals surface area contributed by atoms with E-state index in [4.69, 9.17) is 4.52 Å². The van der Waals surface area contributed by atoms with Gasteiger partial charge in [-0.05, 0) is 32.4 Å². The molecule has 0 aliphatic carbocycles. The number of hydrogen-bond donors (Lipinski definition) is 0. The molecule has 0 N–H and O–H groups in total. The number of halogens is 1. The molecule has 2 aromatic heterocycles. The molecule has 1 amide bonds. The summed E-state index contributed by atoms with van der Waals surface area (Å²) in [6.07, 6.45) is 2.66. The number of rotatable bonds is 3. The average Bonchev–Trinajstić information content (AvgIpc) is 3.34. The fourth-order valence-electron chi connectivity index (χ4n) is 3.90. The molecule has 0 saturated carbocycles. The lowest BCUT2D eigenvalue weighted by atomic mass is 9.94. The molecule has 28 heavy (non-hydrogen) atoms. The smallest absolute Gasteiger partial charge is 0.264 e. The van der Waals surface area contributed by atoms with Gasteiger partial charge < -0.3 is 14.3 Å². The van der Waals surface area contributed by atoms with E-state index >= 15 is 0 Å². The number of pyridine rings is 1. The molecule has 2 atom stereocenters.